The monoisotopic (exact) mass is 357 g/mol. The van der Waals surface area contributed by atoms with Crippen molar-refractivity contribution in [3.05, 3.63) is 65.7 Å². The molecule has 2 aromatic rings. The molecule has 1 saturated heterocycles. The van der Waals surface area contributed by atoms with Crippen molar-refractivity contribution in [2.75, 3.05) is 25.1 Å². The lowest BCUT2D eigenvalue weighted by Gasteiger charge is -2.18. The molecule has 0 radical (unpaired) electrons. The van der Waals surface area contributed by atoms with Gasteiger partial charge in [0.15, 0.2) is 0 Å². The zero-order valence-electron chi connectivity index (χ0n) is 14.6. The van der Waals surface area contributed by atoms with Crippen molar-refractivity contribution in [2.24, 2.45) is 5.92 Å². The highest BCUT2D eigenvalue weighted by molar-refractivity contribution is 5.80. The van der Waals surface area contributed by atoms with Gasteiger partial charge in [0.25, 0.3) is 5.92 Å². The lowest BCUT2D eigenvalue weighted by molar-refractivity contribution is -0.142. The van der Waals surface area contributed by atoms with Crippen molar-refractivity contribution < 1.29 is 18.3 Å². The third kappa shape index (κ3) is 3.06. The van der Waals surface area contributed by atoms with E-state index in [1.807, 2.05) is 54.6 Å². The quantitative estimate of drug-likeness (QED) is 0.768. The Hall–Kier alpha value is -2.43. The van der Waals surface area contributed by atoms with E-state index in [-0.39, 0.29) is 36.7 Å². The van der Waals surface area contributed by atoms with Crippen molar-refractivity contribution in [1.29, 1.82) is 0 Å². The average Bonchev–Trinajstić information content (AvgIpc) is 3.31. The maximum Gasteiger partial charge on any atom is 0.309 e. The number of halogens is 2. The predicted molar refractivity (Wildman–Crippen MR) is 95.6 cm³/mol. The van der Waals surface area contributed by atoms with Crippen molar-refractivity contribution in [2.45, 2.75) is 24.2 Å². The molecule has 0 N–H and O–H groups in total. The molecule has 0 amide bonds. The van der Waals surface area contributed by atoms with Gasteiger partial charge in [-0.3, -0.25) is 4.79 Å². The minimum Gasteiger partial charge on any atom is -0.469 e. The van der Waals surface area contributed by atoms with Gasteiger partial charge in [-0.2, -0.15) is 0 Å². The first-order valence-corrected chi connectivity index (χ1v) is 8.86. The molecular weight excluding hydrogens is 336 g/mol. The second-order valence-corrected chi connectivity index (χ2v) is 7.13. The molecule has 3 nitrogen and oxygen atoms in total. The first kappa shape index (κ1) is 17.0. The van der Waals surface area contributed by atoms with Gasteiger partial charge in [0.1, 0.15) is 0 Å². The summed E-state index contributed by atoms with van der Waals surface area (Å²) in [5, 5.41) is 0. The van der Waals surface area contributed by atoms with E-state index in [1.165, 1.54) is 7.11 Å². The number of hydrogen-bond donors (Lipinski definition) is 0. The highest BCUT2D eigenvalue weighted by Gasteiger charge is 2.56. The van der Waals surface area contributed by atoms with Crippen LogP contribution >= 0.6 is 0 Å². The van der Waals surface area contributed by atoms with E-state index in [0.717, 1.165) is 16.8 Å². The Balaban J connectivity index is 1.55. The summed E-state index contributed by atoms with van der Waals surface area (Å²) in [5.41, 5.74) is 2.97. The number of ether oxygens (including phenoxy) is 1. The van der Waals surface area contributed by atoms with Crippen molar-refractivity contribution >= 4 is 11.7 Å². The van der Waals surface area contributed by atoms with Gasteiger partial charge in [0.2, 0.25) is 0 Å². The summed E-state index contributed by atoms with van der Waals surface area (Å²) in [6.07, 6.45) is -0.0993. The van der Waals surface area contributed by atoms with E-state index in [9.17, 15) is 13.6 Å². The first-order chi connectivity index (χ1) is 12.5. The first-order valence-electron chi connectivity index (χ1n) is 8.86. The molecule has 0 aromatic heterocycles. The smallest absolute Gasteiger partial charge is 0.309 e. The molecule has 5 heteroatoms. The van der Waals surface area contributed by atoms with Crippen LogP contribution in [-0.2, 0) is 9.53 Å². The fraction of sp³-hybridized carbons (Fsp3) is 0.381. The van der Waals surface area contributed by atoms with Gasteiger partial charge < -0.3 is 9.64 Å². The fourth-order valence-corrected chi connectivity index (χ4v) is 4.11. The number of methoxy groups -OCH3 is 1. The molecule has 0 spiro atoms. The van der Waals surface area contributed by atoms with Gasteiger partial charge in [-0.15, -0.1) is 0 Å². The summed E-state index contributed by atoms with van der Waals surface area (Å²) in [7, 11) is 1.41. The number of rotatable bonds is 4. The van der Waals surface area contributed by atoms with E-state index in [0.29, 0.717) is 6.54 Å². The zero-order valence-corrected chi connectivity index (χ0v) is 14.6. The Morgan fingerprint density at radius 1 is 1.04 bits per heavy atom. The standard InChI is InChI=1S/C21H21F2NO2/c1-26-20(25)19-17(14-5-3-2-4-6-14)18(19)15-7-9-16(10-8-15)24-12-11-21(22,23)13-24/h2-10,17-19H,11-13H2,1H3. The second kappa shape index (κ2) is 6.38. The normalized spacial score (nSPS) is 26.6. The van der Waals surface area contributed by atoms with E-state index in [2.05, 4.69) is 0 Å². The molecule has 2 aromatic carbocycles. The predicted octanol–water partition coefficient (Wildman–Crippen LogP) is 4.20. The van der Waals surface area contributed by atoms with Crippen LogP contribution in [0.3, 0.4) is 0 Å². The molecule has 3 atom stereocenters. The highest BCUT2D eigenvalue weighted by Crippen LogP contribution is 2.61. The maximum atomic E-state index is 13.4. The molecule has 2 aliphatic rings. The Bertz CT molecular complexity index is 791. The van der Waals surface area contributed by atoms with E-state index < -0.39 is 5.92 Å². The Morgan fingerprint density at radius 3 is 2.19 bits per heavy atom. The van der Waals surface area contributed by atoms with Crippen molar-refractivity contribution in [3.8, 4) is 0 Å². The van der Waals surface area contributed by atoms with Gasteiger partial charge in [0, 0.05) is 30.5 Å². The van der Waals surface area contributed by atoms with Crippen LogP contribution in [0.1, 0.15) is 29.4 Å². The van der Waals surface area contributed by atoms with Gasteiger partial charge in [-0.05, 0) is 23.3 Å². The Kier molecular flexibility index (Phi) is 4.17. The van der Waals surface area contributed by atoms with Gasteiger partial charge in [0.05, 0.1) is 19.6 Å². The SMILES string of the molecule is COC(=O)C1C(c2ccccc2)C1c1ccc(N2CCC(F)(F)C2)cc1. The van der Waals surface area contributed by atoms with Crippen LogP contribution in [0.4, 0.5) is 14.5 Å². The minimum atomic E-state index is -2.61. The molecule has 4 rings (SSSR count). The number of carbonyl (C=O) groups excluding carboxylic acids is 1. The van der Waals surface area contributed by atoms with E-state index in [4.69, 9.17) is 4.74 Å². The average molecular weight is 357 g/mol. The second-order valence-electron chi connectivity index (χ2n) is 7.13. The summed E-state index contributed by atoms with van der Waals surface area (Å²) in [5.74, 6) is -2.83. The van der Waals surface area contributed by atoms with Gasteiger partial charge in [-0.25, -0.2) is 8.78 Å². The third-order valence-corrected chi connectivity index (χ3v) is 5.49. The lowest BCUT2D eigenvalue weighted by Crippen LogP contribution is -2.24. The van der Waals surface area contributed by atoms with Crippen LogP contribution in [-0.4, -0.2) is 32.1 Å². The maximum absolute atomic E-state index is 13.4. The van der Waals surface area contributed by atoms with Crippen LogP contribution in [0.5, 0.6) is 0 Å². The minimum absolute atomic E-state index is 0.0684. The van der Waals surface area contributed by atoms with Crippen LogP contribution in [0, 0.1) is 5.92 Å². The number of carbonyl (C=O) groups is 1. The Morgan fingerprint density at radius 2 is 1.65 bits per heavy atom. The van der Waals surface area contributed by atoms with Crippen molar-refractivity contribution in [3.63, 3.8) is 0 Å². The third-order valence-electron chi connectivity index (χ3n) is 5.49. The summed E-state index contributed by atoms with van der Waals surface area (Å²) in [6, 6.07) is 17.6. The van der Waals surface area contributed by atoms with E-state index >= 15 is 0 Å². The summed E-state index contributed by atoms with van der Waals surface area (Å²) < 4.78 is 31.8. The number of nitrogens with zero attached hydrogens (tertiary/aromatic N) is 1. The summed E-state index contributed by atoms with van der Waals surface area (Å²) in [6.45, 7) is 0.139. The van der Waals surface area contributed by atoms with Gasteiger partial charge in [-0.1, -0.05) is 42.5 Å². The molecule has 2 fully saturated rings. The molecule has 26 heavy (non-hydrogen) atoms. The van der Waals surface area contributed by atoms with Crippen LogP contribution in [0.2, 0.25) is 0 Å². The molecule has 136 valence electrons. The highest BCUT2D eigenvalue weighted by atomic mass is 19.3. The van der Waals surface area contributed by atoms with Crippen LogP contribution in [0.25, 0.3) is 0 Å². The van der Waals surface area contributed by atoms with Crippen molar-refractivity contribution in [1.82, 2.24) is 0 Å². The van der Waals surface area contributed by atoms with Crippen LogP contribution in [0.15, 0.2) is 54.6 Å². The molecule has 0 bridgehead atoms. The summed E-state index contributed by atoms with van der Waals surface area (Å²) >= 11 is 0. The molecular formula is C21H21F2NO2. The largest absolute Gasteiger partial charge is 0.469 e. The molecule has 1 heterocycles. The van der Waals surface area contributed by atoms with Gasteiger partial charge >= 0.3 is 5.97 Å². The fourth-order valence-electron chi connectivity index (χ4n) is 4.11. The lowest BCUT2D eigenvalue weighted by atomic mass is 10.0. The summed E-state index contributed by atoms with van der Waals surface area (Å²) in [4.78, 5) is 13.9. The number of alkyl halides is 2. The number of benzene rings is 2. The van der Waals surface area contributed by atoms with E-state index in [1.54, 1.807) is 4.90 Å². The molecule has 3 unspecified atom stereocenters. The number of esters is 1. The molecule has 1 aliphatic heterocycles. The Labute approximate surface area is 151 Å². The zero-order chi connectivity index (χ0) is 18.3. The number of anilines is 1. The van der Waals surface area contributed by atoms with Crippen LogP contribution < -0.4 is 4.90 Å². The number of hydrogen-bond acceptors (Lipinski definition) is 3. The molecule has 1 aliphatic carbocycles. The topological polar surface area (TPSA) is 29.5 Å². The molecule has 1 saturated carbocycles.